The second-order valence-corrected chi connectivity index (χ2v) is 4.54. The molecule has 0 aromatic heterocycles. The molecule has 0 heterocycles. The molecule has 0 aliphatic carbocycles. The Hall–Kier alpha value is -1.09. The molecule has 0 aliphatic rings. The highest BCUT2D eigenvalue weighted by Crippen LogP contribution is 2.24. The van der Waals surface area contributed by atoms with Gasteiger partial charge in [-0.3, -0.25) is 4.79 Å². The van der Waals surface area contributed by atoms with Crippen molar-refractivity contribution in [2.45, 2.75) is 20.3 Å². The summed E-state index contributed by atoms with van der Waals surface area (Å²) in [5, 5.41) is 9.44. The van der Waals surface area contributed by atoms with E-state index in [0.29, 0.717) is 10.6 Å². The highest BCUT2D eigenvalue weighted by Gasteiger charge is 2.22. The Morgan fingerprint density at radius 2 is 2.12 bits per heavy atom. The van der Waals surface area contributed by atoms with Crippen LogP contribution in [-0.2, 0) is 11.2 Å². The van der Waals surface area contributed by atoms with Crippen LogP contribution in [0.5, 0.6) is 0 Å². The fourth-order valence-electron chi connectivity index (χ4n) is 1.54. The standard InChI is InChI=1S/C12H14ClFO2/c1-7(2)10(12(15)16)6-8-5-9(14)3-4-11(8)13/h3-5,7,10H,6H2,1-2H3,(H,15,16). The van der Waals surface area contributed by atoms with Gasteiger partial charge in [-0.2, -0.15) is 0 Å². The Bertz CT molecular complexity index is 391. The lowest BCUT2D eigenvalue weighted by atomic mass is 9.89. The third-order valence-electron chi connectivity index (χ3n) is 2.57. The van der Waals surface area contributed by atoms with E-state index in [4.69, 9.17) is 16.7 Å². The quantitative estimate of drug-likeness (QED) is 0.882. The highest BCUT2D eigenvalue weighted by molar-refractivity contribution is 6.31. The van der Waals surface area contributed by atoms with Gasteiger partial charge >= 0.3 is 5.97 Å². The van der Waals surface area contributed by atoms with Gasteiger partial charge in [0.05, 0.1) is 5.92 Å². The smallest absolute Gasteiger partial charge is 0.307 e. The van der Waals surface area contributed by atoms with Crippen molar-refractivity contribution in [3.63, 3.8) is 0 Å². The van der Waals surface area contributed by atoms with Gasteiger partial charge in [-0.25, -0.2) is 4.39 Å². The van der Waals surface area contributed by atoms with E-state index in [0.717, 1.165) is 0 Å². The average molecular weight is 245 g/mol. The Labute approximate surface area is 99.0 Å². The Morgan fingerprint density at radius 3 is 2.62 bits per heavy atom. The Balaban J connectivity index is 2.93. The zero-order chi connectivity index (χ0) is 12.3. The van der Waals surface area contributed by atoms with Gasteiger partial charge in [0.25, 0.3) is 0 Å². The SMILES string of the molecule is CC(C)C(Cc1cc(F)ccc1Cl)C(=O)O. The highest BCUT2D eigenvalue weighted by atomic mass is 35.5. The maximum atomic E-state index is 13.0. The van der Waals surface area contributed by atoms with Gasteiger partial charge in [-0.1, -0.05) is 25.4 Å². The lowest BCUT2D eigenvalue weighted by Crippen LogP contribution is -2.22. The fraction of sp³-hybridized carbons (Fsp3) is 0.417. The number of rotatable bonds is 4. The molecule has 0 radical (unpaired) electrons. The number of carboxylic acid groups (broad SMARTS) is 1. The number of benzene rings is 1. The number of aliphatic carboxylic acids is 1. The van der Waals surface area contributed by atoms with Crippen molar-refractivity contribution in [2.75, 3.05) is 0 Å². The largest absolute Gasteiger partial charge is 0.481 e. The minimum absolute atomic E-state index is 0.0168. The summed E-state index contributed by atoms with van der Waals surface area (Å²) in [6.45, 7) is 3.65. The van der Waals surface area contributed by atoms with E-state index in [1.807, 2.05) is 13.8 Å². The molecule has 1 aromatic carbocycles. The van der Waals surface area contributed by atoms with E-state index in [2.05, 4.69) is 0 Å². The first-order valence-corrected chi connectivity index (χ1v) is 5.46. The van der Waals surface area contributed by atoms with Crippen LogP contribution in [0.15, 0.2) is 18.2 Å². The molecule has 1 aromatic rings. The number of halogens is 2. The normalized spacial score (nSPS) is 12.8. The van der Waals surface area contributed by atoms with E-state index < -0.39 is 17.7 Å². The molecule has 16 heavy (non-hydrogen) atoms. The van der Waals surface area contributed by atoms with Crippen LogP contribution in [0.3, 0.4) is 0 Å². The molecular formula is C12H14ClFO2. The summed E-state index contributed by atoms with van der Waals surface area (Å²) in [5.74, 6) is -1.83. The topological polar surface area (TPSA) is 37.3 Å². The number of carboxylic acids is 1. The van der Waals surface area contributed by atoms with Crippen LogP contribution in [0.25, 0.3) is 0 Å². The first-order valence-electron chi connectivity index (χ1n) is 5.08. The second kappa shape index (κ2) is 5.30. The van der Waals surface area contributed by atoms with E-state index in [9.17, 15) is 9.18 Å². The van der Waals surface area contributed by atoms with Gasteiger partial charge in [-0.05, 0) is 36.1 Å². The van der Waals surface area contributed by atoms with Crippen LogP contribution in [0.2, 0.25) is 5.02 Å². The van der Waals surface area contributed by atoms with Crippen LogP contribution in [0, 0.1) is 17.7 Å². The molecule has 2 nitrogen and oxygen atoms in total. The van der Waals surface area contributed by atoms with Crippen LogP contribution >= 0.6 is 11.6 Å². The second-order valence-electron chi connectivity index (χ2n) is 4.13. The molecule has 4 heteroatoms. The summed E-state index contributed by atoms with van der Waals surface area (Å²) in [4.78, 5) is 11.0. The van der Waals surface area contributed by atoms with Crippen molar-refractivity contribution in [2.24, 2.45) is 11.8 Å². The third kappa shape index (κ3) is 3.20. The van der Waals surface area contributed by atoms with Gasteiger partial charge in [0.2, 0.25) is 0 Å². The molecule has 0 saturated carbocycles. The molecular weight excluding hydrogens is 231 g/mol. The molecule has 1 unspecified atom stereocenters. The molecule has 1 N–H and O–H groups in total. The Kier molecular flexibility index (Phi) is 4.30. The van der Waals surface area contributed by atoms with Crippen LogP contribution in [0.4, 0.5) is 4.39 Å². The first kappa shape index (κ1) is 13.0. The molecule has 88 valence electrons. The lowest BCUT2D eigenvalue weighted by molar-refractivity contribution is -0.143. The molecule has 0 aliphatic heterocycles. The summed E-state index contributed by atoms with van der Waals surface area (Å²) in [5.41, 5.74) is 0.544. The average Bonchev–Trinajstić information content (AvgIpc) is 2.18. The van der Waals surface area contributed by atoms with E-state index in [1.165, 1.54) is 18.2 Å². The predicted octanol–water partition coefficient (Wildman–Crippen LogP) is 3.38. The number of hydrogen-bond donors (Lipinski definition) is 1. The molecule has 1 rings (SSSR count). The molecule has 0 saturated heterocycles. The minimum atomic E-state index is -0.879. The molecule has 0 bridgehead atoms. The van der Waals surface area contributed by atoms with Crippen molar-refractivity contribution in [1.29, 1.82) is 0 Å². The number of hydrogen-bond acceptors (Lipinski definition) is 1. The van der Waals surface area contributed by atoms with Gasteiger partial charge in [-0.15, -0.1) is 0 Å². The number of carbonyl (C=O) groups is 1. The van der Waals surface area contributed by atoms with Gasteiger partial charge in [0.15, 0.2) is 0 Å². The monoisotopic (exact) mass is 244 g/mol. The fourth-order valence-corrected chi connectivity index (χ4v) is 1.74. The minimum Gasteiger partial charge on any atom is -0.481 e. The van der Waals surface area contributed by atoms with Crippen LogP contribution < -0.4 is 0 Å². The van der Waals surface area contributed by atoms with Crippen molar-refractivity contribution in [3.05, 3.63) is 34.6 Å². The molecule has 0 spiro atoms. The maximum Gasteiger partial charge on any atom is 0.307 e. The van der Waals surface area contributed by atoms with Gasteiger partial charge in [0, 0.05) is 5.02 Å². The molecule has 1 atom stereocenters. The molecule has 0 amide bonds. The predicted molar refractivity (Wildman–Crippen MR) is 61.1 cm³/mol. The van der Waals surface area contributed by atoms with Crippen molar-refractivity contribution >= 4 is 17.6 Å². The van der Waals surface area contributed by atoms with Crippen molar-refractivity contribution < 1.29 is 14.3 Å². The van der Waals surface area contributed by atoms with Crippen molar-refractivity contribution in [3.8, 4) is 0 Å². The summed E-state index contributed by atoms with van der Waals surface area (Å²) in [7, 11) is 0. The third-order valence-corrected chi connectivity index (χ3v) is 2.94. The molecule has 0 fully saturated rings. The van der Waals surface area contributed by atoms with E-state index in [1.54, 1.807) is 0 Å². The van der Waals surface area contributed by atoms with Gasteiger partial charge < -0.3 is 5.11 Å². The first-order chi connectivity index (χ1) is 7.41. The van der Waals surface area contributed by atoms with Crippen LogP contribution in [-0.4, -0.2) is 11.1 Å². The lowest BCUT2D eigenvalue weighted by Gasteiger charge is -2.16. The van der Waals surface area contributed by atoms with Crippen LogP contribution in [0.1, 0.15) is 19.4 Å². The van der Waals surface area contributed by atoms with E-state index in [-0.39, 0.29) is 12.3 Å². The summed E-state index contributed by atoms with van der Waals surface area (Å²) in [6, 6.07) is 4.00. The van der Waals surface area contributed by atoms with Crippen molar-refractivity contribution in [1.82, 2.24) is 0 Å². The summed E-state index contributed by atoms with van der Waals surface area (Å²) >= 11 is 5.89. The zero-order valence-electron chi connectivity index (χ0n) is 9.21. The summed E-state index contributed by atoms with van der Waals surface area (Å²) < 4.78 is 13.0. The summed E-state index contributed by atoms with van der Waals surface area (Å²) in [6.07, 6.45) is 0.254. The van der Waals surface area contributed by atoms with Gasteiger partial charge in [0.1, 0.15) is 5.82 Å². The van der Waals surface area contributed by atoms with E-state index >= 15 is 0 Å². The maximum absolute atomic E-state index is 13.0. The Morgan fingerprint density at radius 1 is 1.50 bits per heavy atom. The zero-order valence-corrected chi connectivity index (χ0v) is 9.96.